The summed E-state index contributed by atoms with van der Waals surface area (Å²) >= 11 is 0. The minimum atomic E-state index is -0.690. The first-order valence-corrected chi connectivity index (χ1v) is 7.22. The fraction of sp³-hybridized carbons (Fsp3) is 0.500. The third kappa shape index (κ3) is 6.79. The van der Waals surface area contributed by atoms with Gasteiger partial charge in [0, 0.05) is 0 Å². The molecule has 0 saturated carbocycles. The molecule has 5 nitrogen and oxygen atoms in total. The number of hydrogen-bond donors (Lipinski definition) is 1. The SMILES string of the molecule is CCCCOC(=O)NC(CCc1ccccc1)C(=O)OC. The average Bonchev–Trinajstić information content (AvgIpc) is 2.52. The molecule has 1 aromatic carbocycles. The molecule has 1 atom stereocenters. The molecule has 0 spiro atoms. The predicted molar refractivity (Wildman–Crippen MR) is 80.0 cm³/mol. The van der Waals surface area contributed by atoms with Crippen LogP contribution in [0.5, 0.6) is 0 Å². The maximum absolute atomic E-state index is 11.7. The predicted octanol–water partition coefficient (Wildman–Crippen LogP) is 2.69. The second-order valence-electron chi connectivity index (χ2n) is 4.73. The number of aryl methyl sites for hydroxylation is 1. The Morgan fingerprint density at radius 3 is 2.57 bits per heavy atom. The van der Waals surface area contributed by atoms with Gasteiger partial charge in [0.2, 0.25) is 0 Å². The van der Waals surface area contributed by atoms with Gasteiger partial charge < -0.3 is 14.8 Å². The van der Waals surface area contributed by atoms with Gasteiger partial charge in [0.05, 0.1) is 13.7 Å². The molecule has 0 saturated heterocycles. The summed E-state index contributed by atoms with van der Waals surface area (Å²) in [6.45, 7) is 2.37. The second-order valence-corrected chi connectivity index (χ2v) is 4.73. The van der Waals surface area contributed by atoms with Crippen molar-refractivity contribution < 1.29 is 19.1 Å². The monoisotopic (exact) mass is 293 g/mol. The van der Waals surface area contributed by atoms with E-state index in [0.717, 1.165) is 18.4 Å². The van der Waals surface area contributed by atoms with Crippen LogP contribution in [0, 0.1) is 0 Å². The number of benzene rings is 1. The topological polar surface area (TPSA) is 64.6 Å². The van der Waals surface area contributed by atoms with Crippen LogP contribution >= 0.6 is 0 Å². The summed E-state index contributed by atoms with van der Waals surface area (Å²) in [5, 5.41) is 2.56. The highest BCUT2D eigenvalue weighted by Crippen LogP contribution is 2.06. The molecule has 1 aromatic rings. The van der Waals surface area contributed by atoms with Crippen LogP contribution in [-0.4, -0.2) is 31.8 Å². The van der Waals surface area contributed by atoms with Crippen LogP contribution in [0.4, 0.5) is 4.79 Å². The zero-order chi connectivity index (χ0) is 15.5. The number of rotatable bonds is 8. The Morgan fingerprint density at radius 2 is 1.95 bits per heavy atom. The van der Waals surface area contributed by atoms with E-state index in [1.54, 1.807) is 0 Å². The highest BCUT2D eigenvalue weighted by Gasteiger charge is 2.21. The maximum Gasteiger partial charge on any atom is 0.407 e. The van der Waals surface area contributed by atoms with Gasteiger partial charge in [0.1, 0.15) is 6.04 Å². The van der Waals surface area contributed by atoms with Crippen molar-refractivity contribution in [1.82, 2.24) is 5.32 Å². The van der Waals surface area contributed by atoms with Crippen molar-refractivity contribution in [3.05, 3.63) is 35.9 Å². The van der Waals surface area contributed by atoms with Gasteiger partial charge in [0.25, 0.3) is 0 Å². The van der Waals surface area contributed by atoms with E-state index >= 15 is 0 Å². The molecule has 0 fully saturated rings. The van der Waals surface area contributed by atoms with E-state index in [1.165, 1.54) is 7.11 Å². The van der Waals surface area contributed by atoms with Gasteiger partial charge in [-0.3, -0.25) is 0 Å². The summed E-state index contributed by atoms with van der Waals surface area (Å²) in [6, 6.07) is 9.08. The summed E-state index contributed by atoms with van der Waals surface area (Å²) in [7, 11) is 1.31. The minimum Gasteiger partial charge on any atom is -0.467 e. The lowest BCUT2D eigenvalue weighted by Gasteiger charge is -2.16. The maximum atomic E-state index is 11.7. The molecular formula is C16H23NO4. The number of hydrogen-bond acceptors (Lipinski definition) is 4. The standard InChI is InChI=1S/C16H23NO4/c1-3-4-12-21-16(19)17-14(15(18)20-2)11-10-13-8-6-5-7-9-13/h5-9,14H,3-4,10-12H2,1-2H3,(H,17,19). The van der Waals surface area contributed by atoms with Crippen molar-refractivity contribution in [3.63, 3.8) is 0 Å². The zero-order valence-corrected chi connectivity index (χ0v) is 12.6. The molecule has 21 heavy (non-hydrogen) atoms. The van der Waals surface area contributed by atoms with E-state index in [4.69, 9.17) is 9.47 Å². The van der Waals surface area contributed by atoms with E-state index in [2.05, 4.69) is 5.32 Å². The summed E-state index contributed by atoms with van der Waals surface area (Å²) < 4.78 is 9.72. The summed E-state index contributed by atoms with van der Waals surface area (Å²) in [5.74, 6) is -0.460. The van der Waals surface area contributed by atoms with Crippen molar-refractivity contribution in [2.45, 2.75) is 38.6 Å². The largest absolute Gasteiger partial charge is 0.467 e. The van der Waals surface area contributed by atoms with Crippen LogP contribution in [-0.2, 0) is 20.7 Å². The molecule has 0 radical (unpaired) electrons. The number of carbonyl (C=O) groups excluding carboxylic acids is 2. The number of unbranched alkanes of at least 4 members (excludes halogenated alkanes) is 1. The van der Waals surface area contributed by atoms with Gasteiger partial charge in [-0.2, -0.15) is 0 Å². The van der Waals surface area contributed by atoms with Crippen LogP contribution in [0.15, 0.2) is 30.3 Å². The van der Waals surface area contributed by atoms with Crippen LogP contribution < -0.4 is 5.32 Å². The number of methoxy groups -OCH3 is 1. The Balaban J connectivity index is 2.48. The molecule has 1 unspecified atom stereocenters. The van der Waals surface area contributed by atoms with E-state index in [-0.39, 0.29) is 0 Å². The van der Waals surface area contributed by atoms with Crippen molar-refractivity contribution in [1.29, 1.82) is 0 Å². The van der Waals surface area contributed by atoms with Gasteiger partial charge in [-0.15, -0.1) is 0 Å². The molecule has 0 aromatic heterocycles. The summed E-state index contributed by atoms with van der Waals surface area (Å²) in [5.41, 5.74) is 1.10. The Labute approximate surface area is 125 Å². The zero-order valence-electron chi connectivity index (χ0n) is 12.6. The van der Waals surface area contributed by atoms with Gasteiger partial charge >= 0.3 is 12.1 Å². The van der Waals surface area contributed by atoms with Crippen LogP contribution in [0.3, 0.4) is 0 Å². The first-order valence-electron chi connectivity index (χ1n) is 7.22. The van der Waals surface area contributed by atoms with E-state index < -0.39 is 18.1 Å². The van der Waals surface area contributed by atoms with E-state index in [9.17, 15) is 9.59 Å². The highest BCUT2D eigenvalue weighted by atomic mass is 16.6. The number of esters is 1. The molecule has 116 valence electrons. The van der Waals surface area contributed by atoms with Crippen LogP contribution in [0.1, 0.15) is 31.7 Å². The number of ether oxygens (including phenoxy) is 2. The Hall–Kier alpha value is -2.04. The van der Waals surface area contributed by atoms with Crippen LogP contribution in [0.2, 0.25) is 0 Å². The molecule has 0 aliphatic rings. The fourth-order valence-electron chi connectivity index (χ4n) is 1.84. The third-order valence-electron chi connectivity index (χ3n) is 3.07. The molecule has 0 bridgehead atoms. The lowest BCUT2D eigenvalue weighted by molar-refractivity contribution is -0.143. The average molecular weight is 293 g/mol. The molecule has 1 N–H and O–H groups in total. The first kappa shape index (κ1) is 17.0. The van der Waals surface area contributed by atoms with E-state index in [1.807, 2.05) is 37.3 Å². The molecule has 0 aliphatic heterocycles. The van der Waals surface area contributed by atoms with Gasteiger partial charge in [-0.25, -0.2) is 9.59 Å². The summed E-state index contributed by atoms with van der Waals surface area (Å²) in [4.78, 5) is 23.3. The van der Waals surface area contributed by atoms with Crippen molar-refractivity contribution >= 4 is 12.1 Å². The van der Waals surface area contributed by atoms with Gasteiger partial charge in [0.15, 0.2) is 0 Å². The van der Waals surface area contributed by atoms with Gasteiger partial charge in [-0.1, -0.05) is 43.7 Å². The minimum absolute atomic E-state index is 0.356. The Kier molecular flexibility index (Phi) is 7.94. The molecule has 5 heteroatoms. The Morgan fingerprint density at radius 1 is 1.24 bits per heavy atom. The number of alkyl carbamates (subject to hydrolysis) is 1. The normalized spacial score (nSPS) is 11.5. The Bertz CT molecular complexity index is 433. The number of carbonyl (C=O) groups is 2. The molecule has 1 amide bonds. The molecule has 0 aliphatic carbocycles. The van der Waals surface area contributed by atoms with Gasteiger partial charge in [-0.05, 0) is 24.8 Å². The van der Waals surface area contributed by atoms with Crippen LogP contribution in [0.25, 0.3) is 0 Å². The quantitative estimate of drug-likeness (QED) is 0.591. The second kappa shape index (κ2) is 9.80. The number of amides is 1. The lowest BCUT2D eigenvalue weighted by Crippen LogP contribution is -2.42. The smallest absolute Gasteiger partial charge is 0.407 e. The number of nitrogens with one attached hydrogen (secondary N) is 1. The summed E-state index contributed by atoms with van der Waals surface area (Å²) in [6.07, 6.45) is 2.32. The third-order valence-corrected chi connectivity index (χ3v) is 3.07. The van der Waals surface area contributed by atoms with Crippen molar-refractivity contribution in [3.8, 4) is 0 Å². The fourth-order valence-corrected chi connectivity index (χ4v) is 1.84. The highest BCUT2D eigenvalue weighted by molar-refractivity contribution is 5.81. The lowest BCUT2D eigenvalue weighted by atomic mass is 10.1. The molecular weight excluding hydrogens is 270 g/mol. The molecule has 0 heterocycles. The van der Waals surface area contributed by atoms with E-state index in [0.29, 0.717) is 19.4 Å². The first-order chi connectivity index (χ1) is 10.2. The van der Waals surface area contributed by atoms with Crippen molar-refractivity contribution in [2.75, 3.05) is 13.7 Å². The van der Waals surface area contributed by atoms with Crippen molar-refractivity contribution in [2.24, 2.45) is 0 Å². The molecule has 1 rings (SSSR count).